The highest BCUT2D eigenvalue weighted by molar-refractivity contribution is 6.46. The van der Waals surface area contributed by atoms with Crippen molar-refractivity contribution in [1.82, 2.24) is 4.90 Å². The highest BCUT2D eigenvalue weighted by Gasteiger charge is 2.46. The number of aryl methyl sites for hydroxylation is 3. The van der Waals surface area contributed by atoms with Crippen molar-refractivity contribution < 1.29 is 19.4 Å². The van der Waals surface area contributed by atoms with Crippen LogP contribution in [0.1, 0.15) is 39.4 Å². The Balaban J connectivity index is 1.89. The third kappa shape index (κ3) is 4.14. The molecule has 1 heterocycles. The van der Waals surface area contributed by atoms with Gasteiger partial charge in [0.05, 0.1) is 25.3 Å². The molecule has 1 N–H and O–H groups in total. The SMILES string of the molecule is COc1ccccc1CN1C(=O)C(=O)/C(=C(\O)c2ccc(C)c(C)c2)C1c1cccc(C)c1. The Labute approximate surface area is 193 Å². The summed E-state index contributed by atoms with van der Waals surface area (Å²) < 4.78 is 5.46. The molecule has 1 unspecified atom stereocenters. The van der Waals surface area contributed by atoms with Crippen molar-refractivity contribution in [3.8, 4) is 5.75 Å². The van der Waals surface area contributed by atoms with Crippen LogP contribution in [0.2, 0.25) is 0 Å². The number of hydrogen-bond donors (Lipinski definition) is 1. The van der Waals surface area contributed by atoms with Gasteiger partial charge < -0.3 is 14.7 Å². The number of rotatable bonds is 5. The molecular weight excluding hydrogens is 414 g/mol. The number of ether oxygens (including phenoxy) is 1. The fourth-order valence-electron chi connectivity index (χ4n) is 4.29. The van der Waals surface area contributed by atoms with Crippen molar-refractivity contribution in [1.29, 1.82) is 0 Å². The number of carbonyl (C=O) groups excluding carboxylic acids is 2. The summed E-state index contributed by atoms with van der Waals surface area (Å²) >= 11 is 0. The molecule has 3 aromatic rings. The predicted octanol–water partition coefficient (Wildman–Crippen LogP) is 5.24. The molecule has 3 aromatic carbocycles. The number of benzene rings is 3. The lowest BCUT2D eigenvalue weighted by Gasteiger charge is -2.26. The molecule has 1 aliphatic rings. The van der Waals surface area contributed by atoms with E-state index in [0.29, 0.717) is 11.3 Å². The molecule has 0 aromatic heterocycles. The van der Waals surface area contributed by atoms with E-state index in [9.17, 15) is 14.7 Å². The zero-order valence-electron chi connectivity index (χ0n) is 19.3. The summed E-state index contributed by atoms with van der Waals surface area (Å²) in [5.41, 5.74) is 5.25. The Morgan fingerprint density at radius 3 is 2.39 bits per heavy atom. The number of amides is 1. The van der Waals surface area contributed by atoms with Gasteiger partial charge in [-0.1, -0.05) is 60.2 Å². The topological polar surface area (TPSA) is 66.8 Å². The van der Waals surface area contributed by atoms with E-state index in [-0.39, 0.29) is 17.9 Å². The van der Waals surface area contributed by atoms with Gasteiger partial charge in [-0.2, -0.15) is 0 Å². The number of methoxy groups -OCH3 is 1. The fourth-order valence-corrected chi connectivity index (χ4v) is 4.29. The van der Waals surface area contributed by atoms with E-state index in [1.807, 2.05) is 81.4 Å². The van der Waals surface area contributed by atoms with E-state index in [4.69, 9.17) is 4.74 Å². The van der Waals surface area contributed by atoms with Gasteiger partial charge in [0.1, 0.15) is 11.5 Å². The quantitative estimate of drug-likeness (QED) is 0.334. The minimum absolute atomic E-state index is 0.101. The zero-order chi connectivity index (χ0) is 23.7. The molecule has 4 rings (SSSR count). The number of ketones is 1. The lowest BCUT2D eigenvalue weighted by Crippen LogP contribution is -2.29. The van der Waals surface area contributed by atoms with Crippen molar-refractivity contribution in [2.75, 3.05) is 7.11 Å². The Hall–Kier alpha value is -3.86. The molecule has 168 valence electrons. The molecule has 0 bridgehead atoms. The first kappa shape index (κ1) is 22.3. The molecule has 5 nitrogen and oxygen atoms in total. The van der Waals surface area contributed by atoms with Gasteiger partial charge in [-0.05, 0) is 49.6 Å². The van der Waals surface area contributed by atoms with Crippen LogP contribution in [0.4, 0.5) is 0 Å². The van der Waals surface area contributed by atoms with Crippen LogP contribution in [0.15, 0.2) is 72.3 Å². The van der Waals surface area contributed by atoms with E-state index in [0.717, 1.165) is 27.8 Å². The van der Waals surface area contributed by atoms with Gasteiger partial charge in [0, 0.05) is 11.1 Å². The fraction of sp³-hybridized carbons (Fsp3) is 0.214. The number of aliphatic hydroxyl groups is 1. The molecule has 1 aliphatic heterocycles. The Kier molecular flexibility index (Phi) is 6.05. The average molecular weight is 442 g/mol. The summed E-state index contributed by atoms with van der Waals surface area (Å²) in [5.74, 6) is -0.855. The summed E-state index contributed by atoms with van der Waals surface area (Å²) in [6, 6.07) is 19.9. The number of carbonyl (C=O) groups is 2. The molecule has 5 heteroatoms. The average Bonchev–Trinajstić information content (AvgIpc) is 3.05. The second kappa shape index (κ2) is 8.94. The molecule has 0 saturated carbocycles. The van der Waals surface area contributed by atoms with Crippen LogP contribution in [0.25, 0.3) is 5.76 Å². The minimum atomic E-state index is -0.712. The maximum absolute atomic E-state index is 13.3. The molecule has 1 saturated heterocycles. The first-order valence-corrected chi connectivity index (χ1v) is 10.9. The second-order valence-corrected chi connectivity index (χ2v) is 8.45. The van der Waals surface area contributed by atoms with Crippen LogP contribution in [0.3, 0.4) is 0 Å². The van der Waals surface area contributed by atoms with Crippen LogP contribution < -0.4 is 4.74 Å². The third-order valence-electron chi connectivity index (χ3n) is 6.21. The maximum Gasteiger partial charge on any atom is 0.295 e. The highest BCUT2D eigenvalue weighted by Crippen LogP contribution is 2.41. The molecule has 0 aliphatic carbocycles. The molecule has 1 atom stereocenters. The van der Waals surface area contributed by atoms with Gasteiger partial charge >= 0.3 is 0 Å². The summed E-state index contributed by atoms with van der Waals surface area (Å²) in [4.78, 5) is 28.0. The molecule has 0 spiro atoms. The number of para-hydroxylation sites is 1. The van der Waals surface area contributed by atoms with Gasteiger partial charge in [-0.3, -0.25) is 9.59 Å². The summed E-state index contributed by atoms with van der Waals surface area (Å²) in [6.45, 7) is 6.07. The van der Waals surface area contributed by atoms with Gasteiger partial charge in [0.25, 0.3) is 11.7 Å². The Morgan fingerprint density at radius 1 is 0.939 bits per heavy atom. The number of hydrogen-bond acceptors (Lipinski definition) is 4. The van der Waals surface area contributed by atoms with Gasteiger partial charge in [-0.15, -0.1) is 0 Å². The van der Waals surface area contributed by atoms with E-state index in [2.05, 4.69) is 0 Å². The largest absolute Gasteiger partial charge is 0.507 e. The maximum atomic E-state index is 13.3. The van der Waals surface area contributed by atoms with E-state index >= 15 is 0 Å². The zero-order valence-corrected chi connectivity index (χ0v) is 19.3. The first-order chi connectivity index (χ1) is 15.8. The number of aliphatic hydroxyl groups excluding tert-OH is 1. The normalized spacial score (nSPS) is 17.5. The minimum Gasteiger partial charge on any atom is -0.507 e. The van der Waals surface area contributed by atoms with Crippen molar-refractivity contribution in [2.45, 2.75) is 33.4 Å². The third-order valence-corrected chi connectivity index (χ3v) is 6.21. The van der Waals surface area contributed by atoms with Crippen molar-refractivity contribution >= 4 is 17.4 Å². The number of Topliss-reactive ketones (excluding diaryl/α,β-unsaturated/α-hetero) is 1. The van der Waals surface area contributed by atoms with Crippen LogP contribution in [0.5, 0.6) is 5.75 Å². The van der Waals surface area contributed by atoms with Gasteiger partial charge in [0.15, 0.2) is 0 Å². The lowest BCUT2D eigenvalue weighted by atomic mass is 9.93. The monoisotopic (exact) mass is 441 g/mol. The van der Waals surface area contributed by atoms with Crippen LogP contribution >= 0.6 is 0 Å². The lowest BCUT2D eigenvalue weighted by molar-refractivity contribution is -0.140. The van der Waals surface area contributed by atoms with Crippen LogP contribution in [0, 0.1) is 20.8 Å². The van der Waals surface area contributed by atoms with Crippen LogP contribution in [-0.2, 0) is 16.1 Å². The summed E-state index contributed by atoms with van der Waals surface area (Å²) in [7, 11) is 1.57. The van der Waals surface area contributed by atoms with Gasteiger partial charge in [-0.25, -0.2) is 0 Å². The van der Waals surface area contributed by atoms with Crippen molar-refractivity contribution in [2.24, 2.45) is 0 Å². The highest BCUT2D eigenvalue weighted by atomic mass is 16.5. The van der Waals surface area contributed by atoms with Crippen molar-refractivity contribution in [3.63, 3.8) is 0 Å². The first-order valence-electron chi connectivity index (χ1n) is 10.9. The summed E-state index contributed by atoms with van der Waals surface area (Å²) in [6.07, 6.45) is 0. The molecule has 0 radical (unpaired) electrons. The second-order valence-electron chi connectivity index (χ2n) is 8.45. The smallest absolute Gasteiger partial charge is 0.295 e. The summed E-state index contributed by atoms with van der Waals surface area (Å²) in [5, 5.41) is 11.3. The van der Waals surface area contributed by atoms with Gasteiger partial charge in [0.2, 0.25) is 0 Å². The molecular formula is C28H27NO4. The Bertz CT molecular complexity index is 1270. The van der Waals surface area contributed by atoms with Crippen LogP contribution in [-0.4, -0.2) is 28.8 Å². The molecule has 33 heavy (non-hydrogen) atoms. The Morgan fingerprint density at radius 2 is 1.70 bits per heavy atom. The number of nitrogens with zero attached hydrogens (tertiary/aromatic N) is 1. The molecule has 1 amide bonds. The van der Waals surface area contributed by atoms with Crippen molar-refractivity contribution in [3.05, 3.63) is 106 Å². The molecule has 1 fully saturated rings. The number of likely N-dealkylation sites (tertiary alicyclic amines) is 1. The van der Waals surface area contributed by atoms with E-state index in [1.54, 1.807) is 13.2 Å². The standard InChI is InChI=1S/C28H27NO4/c1-17-8-7-10-20(14-17)25-24(26(30)21-13-12-18(2)19(3)15-21)27(31)28(32)29(25)16-22-9-5-6-11-23(22)33-4/h5-15,25,30H,16H2,1-4H3/b26-24-. The van der Waals surface area contributed by atoms with E-state index < -0.39 is 17.7 Å². The predicted molar refractivity (Wildman–Crippen MR) is 128 cm³/mol. The van der Waals surface area contributed by atoms with E-state index in [1.165, 1.54) is 4.90 Å².